The van der Waals surface area contributed by atoms with E-state index in [-0.39, 0.29) is 12.7 Å². The van der Waals surface area contributed by atoms with Crippen LogP contribution in [-0.2, 0) is 9.53 Å². The van der Waals surface area contributed by atoms with Gasteiger partial charge in [0.1, 0.15) is 6.04 Å². The van der Waals surface area contributed by atoms with Crippen LogP contribution in [0.25, 0.3) is 0 Å². The largest absolute Gasteiger partial charge is 0.480 e. The first-order valence-corrected chi connectivity index (χ1v) is 7.02. The fraction of sp³-hybridized carbons (Fsp3) is 0.929. The van der Waals surface area contributed by atoms with Crippen molar-refractivity contribution in [1.29, 1.82) is 0 Å². The van der Waals surface area contributed by atoms with Crippen LogP contribution in [0.4, 0.5) is 0 Å². The van der Waals surface area contributed by atoms with Crippen molar-refractivity contribution in [3.63, 3.8) is 0 Å². The Kier molecular flexibility index (Phi) is 6.09. The van der Waals surface area contributed by atoms with Crippen molar-refractivity contribution in [2.45, 2.75) is 65.0 Å². The third kappa shape index (κ3) is 5.36. The standard InChI is InChI=1S/C14H27NO3/c1-4-9-15-12(13(16)17)10-18-11-5-7-14(2,3)8-6-11/h11-12,15H,4-10H2,1-3H3,(H,16,17). The summed E-state index contributed by atoms with van der Waals surface area (Å²) in [6, 6.07) is -0.570. The molecule has 1 aliphatic rings. The minimum absolute atomic E-state index is 0.239. The summed E-state index contributed by atoms with van der Waals surface area (Å²) in [5.41, 5.74) is 0.423. The van der Waals surface area contributed by atoms with Crippen molar-refractivity contribution in [2.24, 2.45) is 5.41 Å². The van der Waals surface area contributed by atoms with Crippen molar-refractivity contribution in [2.75, 3.05) is 13.2 Å². The van der Waals surface area contributed by atoms with Crippen molar-refractivity contribution in [3.8, 4) is 0 Å². The van der Waals surface area contributed by atoms with E-state index < -0.39 is 12.0 Å². The average Bonchev–Trinajstić information content (AvgIpc) is 2.30. The first-order chi connectivity index (χ1) is 8.44. The molecule has 4 heteroatoms. The smallest absolute Gasteiger partial charge is 0.323 e. The summed E-state index contributed by atoms with van der Waals surface area (Å²) in [7, 11) is 0. The van der Waals surface area contributed by atoms with Crippen LogP contribution in [0.5, 0.6) is 0 Å². The zero-order valence-corrected chi connectivity index (χ0v) is 11.9. The predicted molar refractivity (Wildman–Crippen MR) is 71.7 cm³/mol. The molecule has 1 saturated carbocycles. The van der Waals surface area contributed by atoms with Gasteiger partial charge < -0.3 is 15.2 Å². The molecule has 0 radical (unpaired) electrons. The minimum Gasteiger partial charge on any atom is -0.480 e. The van der Waals surface area contributed by atoms with Crippen LogP contribution in [0.3, 0.4) is 0 Å². The molecule has 0 aliphatic heterocycles. The van der Waals surface area contributed by atoms with Gasteiger partial charge in [0.2, 0.25) is 0 Å². The molecule has 0 amide bonds. The van der Waals surface area contributed by atoms with Crippen LogP contribution >= 0.6 is 0 Å². The Hall–Kier alpha value is -0.610. The second-order valence-electron chi connectivity index (χ2n) is 6.04. The Bertz CT molecular complexity index is 256. The van der Waals surface area contributed by atoms with Gasteiger partial charge in [-0.15, -0.1) is 0 Å². The van der Waals surface area contributed by atoms with Crippen LogP contribution in [0.2, 0.25) is 0 Å². The maximum atomic E-state index is 11.0. The van der Waals surface area contributed by atoms with Gasteiger partial charge in [-0.1, -0.05) is 20.8 Å². The van der Waals surface area contributed by atoms with Gasteiger partial charge in [-0.05, 0) is 44.1 Å². The molecule has 106 valence electrons. The van der Waals surface area contributed by atoms with Gasteiger partial charge in [-0.3, -0.25) is 4.79 Å². The minimum atomic E-state index is -0.820. The van der Waals surface area contributed by atoms with Crippen LogP contribution < -0.4 is 5.32 Å². The fourth-order valence-corrected chi connectivity index (χ4v) is 2.31. The Morgan fingerprint density at radius 3 is 2.56 bits per heavy atom. The molecular weight excluding hydrogens is 230 g/mol. The molecule has 0 aromatic heterocycles. The van der Waals surface area contributed by atoms with E-state index >= 15 is 0 Å². The quantitative estimate of drug-likeness (QED) is 0.735. The molecule has 1 rings (SSSR count). The lowest BCUT2D eigenvalue weighted by Crippen LogP contribution is -2.42. The van der Waals surface area contributed by atoms with Gasteiger partial charge in [0.15, 0.2) is 0 Å². The number of carboxylic acids is 1. The van der Waals surface area contributed by atoms with Gasteiger partial charge in [0.05, 0.1) is 12.7 Å². The maximum Gasteiger partial charge on any atom is 0.323 e. The van der Waals surface area contributed by atoms with E-state index in [1.807, 2.05) is 6.92 Å². The highest BCUT2D eigenvalue weighted by Gasteiger charge is 2.28. The number of rotatable bonds is 7. The molecule has 2 N–H and O–H groups in total. The Labute approximate surface area is 110 Å². The van der Waals surface area contributed by atoms with Gasteiger partial charge in [0, 0.05) is 0 Å². The van der Waals surface area contributed by atoms with E-state index in [0.29, 0.717) is 5.41 Å². The third-order valence-corrected chi connectivity index (χ3v) is 3.72. The van der Waals surface area contributed by atoms with E-state index in [9.17, 15) is 4.79 Å². The number of hydrogen-bond donors (Lipinski definition) is 2. The monoisotopic (exact) mass is 257 g/mol. The molecule has 18 heavy (non-hydrogen) atoms. The van der Waals surface area contributed by atoms with Gasteiger partial charge >= 0.3 is 5.97 Å². The predicted octanol–water partition coefficient (Wildman–Crippen LogP) is 2.42. The zero-order valence-electron chi connectivity index (χ0n) is 11.9. The summed E-state index contributed by atoms with van der Waals surface area (Å²) < 4.78 is 5.75. The molecule has 0 heterocycles. The van der Waals surface area contributed by atoms with E-state index in [1.54, 1.807) is 0 Å². The van der Waals surface area contributed by atoms with Crippen LogP contribution in [0.1, 0.15) is 52.9 Å². The fourth-order valence-electron chi connectivity index (χ4n) is 2.31. The van der Waals surface area contributed by atoms with E-state index in [4.69, 9.17) is 9.84 Å². The van der Waals surface area contributed by atoms with Crippen molar-refractivity contribution in [3.05, 3.63) is 0 Å². The molecule has 0 aromatic rings. The molecule has 4 nitrogen and oxygen atoms in total. The number of ether oxygens (including phenoxy) is 1. The molecule has 0 aromatic carbocycles. The Balaban J connectivity index is 2.28. The van der Waals surface area contributed by atoms with Gasteiger partial charge in [-0.2, -0.15) is 0 Å². The summed E-state index contributed by atoms with van der Waals surface area (Å²) in [5, 5.41) is 12.1. The first-order valence-electron chi connectivity index (χ1n) is 7.02. The number of carbonyl (C=O) groups is 1. The first kappa shape index (κ1) is 15.4. The maximum absolute atomic E-state index is 11.0. The summed E-state index contributed by atoms with van der Waals surface area (Å²) in [5.74, 6) is -0.820. The Morgan fingerprint density at radius 1 is 1.44 bits per heavy atom. The molecule has 0 saturated heterocycles. The zero-order chi connectivity index (χ0) is 13.6. The molecular formula is C14H27NO3. The Morgan fingerprint density at radius 2 is 2.06 bits per heavy atom. The summed E-state index contributed by atoms with van der Waals surface area (Å²) in [4.78, 5) is 11.0. The molecule has 1 aliphatic carbocycles. The highest BCUT2D eigenvalue weighted by atomic mass is 16.5. The number of hydrogen-bond acceptors (Lipinski definition) is 3. The summed E-state index contributed by atoms with van der Waals surface area (Å²) in [6.07, 6.45) is 5.60. The number of aliphatic carboxylic acids is 1. The topological polar surface area (TPSA) is 58.6 Å². The highest BCUT2D eigenvalue weighted by Crippen LogP contribution is 2.36. The van der Waals surface area contributed by atoms with E-state index in [2.05, 4.69) is 19.2 Å². The second-order valence-corrected chi connectivity index (χ2v) is 6.04. The van der Waals surface area contributed by atoms with Gasteiger partial charge in [-0.25, -0.2) is 0 Å². The van der Waals surface area contributed by atoms with Crippen LogP contribution in [-0.4, -0.2) is 36.4 Å². The van der Waals surface area contributed by atoms with Gasteiger partial charge in [0.25, 0.3) is 0 Å². The normalized spacial score (nSPS) is 21.7. The molecule has 1 fully saturated rings. The number of carboxylic acid groups (broad SMARTS) is 1. The summed E-state index contributed by atoms with van der Waals surface area (Å²) in [6.45, 7) is 7.59. The van der Waals surface area contributed by atoms with Crippen molar-refractivity contribution in [1.82, 2.24) is 5.32 Å². The lowest BCUT2D eigenvalue weighted by Gasteiger charge is -2.34. The molecule has 0 spiro atoms. The van der Waals surface area contributed by atoms with E-state index in [1.165, 1.54) is 0 Å². The molecule has 0 bridgehead atoms. The van der Waals surface area contributed by atoms with Crippen molar-refractivity contribution >= 4 is 5.97 Å². The van der Waals surface area contributed by atoms with Crippen LogP contribution in [0, 0.1) is 5.41 Å². The third-order valence-electron chi connectivity index (χ3n) is 3.72. The average molecular weight is 257 g/mol. The lowest BCUT2D eigenvalue weighted by molar-refractivity contribution is -0.142. The van der Waals surface area contributed by atoms with Crippen molar-refractivity contribution < 1.29 is 14.6 Å². The second kappa shape index (κ2) is 7.10. The SMILES string of the molecule is CCCNC(COC1CCC(C)(C)CC1)C(=O)O. The lowest BCUT2D eigenvalue weighted by atomic mass is 9.76. The van der Waals surface area contributed by atoms with E-state index in [0.717, 1.165) is 38.6 Å². The summed E-state index contributed by atoms with van der Waals surface area (Å²) >= 11 is 0. The number of nitrogens with one attached hydrogen (secondary N) is 1. The molecule has 1 unspecified atom stereocenters. The van der Waals surface area contributed by atoms with Crippen LogP contribution in [0.15, 0.2) is 0 Å². The highest BCUT2D eigenvalue weighted by molar-refractivity contribution is 5.73. The molecule has 1 atom stereocenters.